The quantitative estimate of drug-likeness (QED) is 0.883. The molecule has 1 heterocycles. The minimum atomic E-state index is -0.700. The van der Waals surface area contributed by atoms with Crippen LogP contribution in [0.15, 0.2) is 36.5 Å². The number of ether oxygens (including phenoxy) is 1. The topological polar surface area (TPSA) is 48.1 Å². The van der Waals surface area contributed by atoms with Crippen molar-refractivity contribution in [1.82, 2.24) is 4.98 Å². The van der Waals surface area contributed by atoms with Gasteiger partial charge in [0.25, 0.3) is 0 Å². The van der Waals surface area contributed by atoms with Crippen molar-refractivity contribution < 1.29 is 13.5 Å². The van der Waals surface area contributed by atoms with Gasteiger partial charge in [0.2, 0.25) is 0 Å². The minimum Gasteiger partial charge on any atom is -0.487 e. The van der Waals surface area contributed by atoms with Gasteiger partial charge in [-0.2, -0.15) is 0 Å². The summed E-state index contributed by atoms with van der Waals surface area (Å²) in [5.41, 5.74) is 6.70. The number of nitrogens with zero attached hydrogens (tertiary/aromatic N) is 1. The number of rotatable bonds is 6. The molecule has 0 aliphatic heterocycles. The first-order valence-electron chi connectivity index (χ1n) is 6.41. The van der Waals surface area contributed by atoms with Crippen LogP contribution in [0.25, 0.3) is 0 Å². The molecule has 2 rings (SSSR count). The lowest BCUT2D eigenvalue weighted by Gasteiger charge is -2.09. The van der Waals surface area contributed by atoms with Gasteiger partial charge in [0.05, 0.1) is 6.61 Å². The van der Waals surface area contributed by atoms with Gasteiger partial charge in [-0.15, -0.1) is 0 Å². The smallest absolute Gasteiger partial charge is 0.190 e. The second-order valence-electron chi connectivity index (χ2n) is 4.35. The third-order valence-electron chi connectivity index (χ3n) is 2.82. The van der Waals surface area contributed by atoms with Gasteiger partial charge in [-0.1, -0.05) is 6.07 Å². The largest absolute Gasteiger partial charge is 0.487 e. The first-order valence-corrected chi connectivity index (χ1v) is 6.41. The minimum absolute atomic E-state index is 0.168. The molecule has 0 fully saturated rings. The summed E-state index contributed by atoms with van der Waals surface area (Å²) in [7, 11) is 0. The normalized spacial score (nSPS) is 10.6. The molecule has 0 unspecified atom stereocenters. The lowest BCUT2D eigenvalue weighted by atomic mass is 10.1. The second-order valence-corrected chi connectivity index (χ2v) is 4.35. The van der Waals surface area contributed by atoms with Crippen LogP contribution in [0, 0.1) is 11.6 Å². The molecule has 0 aliphatic carbocycles. The molecule has 5 heteroatoms. The van der Waals surface area contributed by atoms with Gasteiger partial charge in [-0.05, 0) is 42.8 Å². The number of pyridine rings is 1. The van der Waals surface area contributed by atoms with E-state index in [1.807, 2.05) is 12.1 Å². The standard InChI is InChI=1S/C15H16F2N2O/c16-13-9-11(4-6-18)10-14(17)15(13)20-8-5-12-3-1-2-7-19-12/h1-3,7,9-10H,4-6,8,18H2. The molecule has 0 amide bonds. The van der Waals surface area contributed by atoms with Crippen molar-refractivity contribution in [1.29, 1.82) is 0 Å². The van der Waals surface area contributed by atoms with Crippen LogP contribution in [0.1, 0.15) is 11.3 Å². The van der Waals surface area contributed by atoms with Gasteiger partial charge in [-0.3, -0.25) is 4.98 Å². The molecule has 0 atom stereocenters. The Morgan fingerprint density at radius 2 is 1.85 bits per heavy atom. The van der Waals surface area contributed by atoms with Crippen molar-refractivity contribution in [2.45, 2.75) is 12.8 Å². The zero-order chi connectivity index (χ0) is 14.4. The van der Waals surface area contributed by atoms with Crippen molar-refractivity contribution in [3.8, 4) is 5.75 Å². The molecule has 0 aliphatic rings. The number of benzene rings is 1. The van der Waals surface area contributed by atoms with Gasteiger partial charge >= 0.3 is 0 Å². The maximum absolute atomic E-state index is 13.7. The molecular formula is C15H16F2N2O. The lowest BCUT2D eigenvalue weighted by Crippen LogP contribution is -2.07. The average molecular weight is 278 g/mol. The van der Waals surface area contributed by atoms with Crippen molar-refractivity contribution in [2.75, 3.05) is 13.2 Å². The first kappa shape index (κ1) is 14.4. The van der Waals surface area contributed by atoms with Crippen LogP contribution in [0.5, 0.6) is 5.75 Å². The predicted octanol–water partition coefficient (Wildman–Crippen LogP) is 2.48. The number of aromatic nitrogens is 1. The average Bonchev–Trinajstić information content (AvgIpc) is 2.43. The maximum Gasteiger partial charge on any atom is 0.190 e. The third kappa shape index (κ3) is 3.74. The highest BCUT2D eigenvalue weighted by molar-refractivity contribution is 5.31. The van der Waals surface area contributed by atoms with Crippen LogP contribution in [-0.4, -0.2) is 18.1 Å². The van der Waals surface area contributed by atoms with Crippen molar-refractivity contribution in [3.63, 3.8) is 0 Å². The summed E-state index contributed by atoms with van der Waals surface area (Å²) in [6, 6.07) is 8.00. The van der Waals surface area contributed by atoms with Crippen LogP contribution in [0.2, 0.25) is 0 Å². The summed E-state index contributed by atoms with van der Waals surface area (Å²) in [4.78, 5) is 4.11. The van der Waals surface area contributed by atoms with E-state index < -0.39 is 11.6 Å². The van der Waals surface area contributed by atoms with E-state index in [-0.39, 0.29) is 12.4 Å². The Morgan fingerprint density at radius 3 is 2.45 bits per heavy atom. The van der Waals surface area contributed by atoms with Crippen LogP contribution in [-0.2, 0) is 12.8 Å². The Balaban J connectivity index is 1.99. The first-order chi connectivity index (χ1) is 9.70. The molecule has 0 spiro atoms. The van der Waals surface area contributed by atoms with Crippen LogP contribution in [0.4, 0.5) is 8.78 Å². The van der Waals surface area contributed by atoms with Crippen molar-refractivity contribution >= 4 is 0 Å². The van der Waals surface area contributed by atoms with E-state index in [1.165, 1.54) is 12.1 Å². The van der Waals surface area contributed by atoms with Crippen molar-refractivity contribution in [2.24, 2.45) is 5.73 Å². The van der Waals surface area contributed by atoms with E-state index in [1.54, 1.807) is 12.3 Å². The van der Waals surface area contributed by atoms with E-state index in [2.05, 4.69) is 4.98 Å². The summed E-state index contributed by atoms with van der Waals surface area (Å²) in [5.74, 6) is -1.74. The zero-order valence-corrected chi connectivity index (χ0v) is 11.0. The summed E-state index contributed by atoms with van der Waals surface area (Å²) < 4.78 is 32.7. The fraction of sp³-hybridized carbons (Fsp3) is 0.267. The highest BCUT2D eigenvalue weighted by atomic mass is 19.1. The molecule has 3 nitrogen and oxygen atoms in total. The number of hydrogen-bond donors (Lipinski definition) is 1. The lowest BCUT2D eigenvalue weighted by molar-refractivity contribution is 0.287. The van der Waals surface area contributed by atoms with Crippen LogP contribution >= 0.6 is 0 Å². The van der Waals surface area contributed by atoms with E-state index in [0.29, 0.717) is 24.9 Å². The van der Waals surface area contributed by atoms with Crippen LogP contribution < -0.4 is 10.5 Å². The SMILES string of the molecule is NCCc1cc(F)c(OCCc2ccccn2)c(F)c1. The summed E-state index contributed by atoms with van der Waals surface area (Å²) >= 11 is 0. The maximum atomic E-state index is 13.7. The fourth-order valence-corrected chi connectivity index (χ4v) is 1.86. The predicted molar refractivity (Wildman–Crippen MR) is 72.6 cm³/mol. The number of nitrogens with two attached hydrogens (primary N) is 1. The van der Waals surface area contributed by atoms with Gasteiger partial charge in [0.15, 0.2) is 17.4 Å². The Bertz CT molecular complexity index is 538. The van der Waals surface area contributed by atoms with E-state index in [0.717, 1.165) is 5.69 Å². The monoisotopic (exact) mass is 278 g/mol. The zero-order valence-electron chi connectivity index (χ0n) is 11.0. The Morgan fingerprint density at radius 1 is 1.10 bits per heavy atom. The molecule has 2 N–H and O–H groups in total. The van der Waals surface area contributed by atoms with Gasteiger partial charge in [0, 0.05) is 18.3 Å². The second kappa shape index (κ2) is 6.96. The molecule has 0 bridgehead atoms. The number of halogens is 2. The molecule has 0 radical (unpaired) electrons. The van der Waals surface area contributed by atoms with E-state index >= 15 is 0 Å². The van der Waals surface area contributed by atoms with Crippen molar-refractivity contribution in [3.05, 3.63) is 59.4 Å². The Hall–Kier alpha value is -2.01. The third-order valence-corrected chi connectivity index (χ3v) is 2.82. The molecule has 0 saturated carbocycles. The van der Waals surface area contributed by atoms with E-state index in [9.17, 15) is 8.78 Å². The summed E-state index contributed by atoms with van der Waals surface area (Å²) in [6.45, 7) is 0.514. The molecule has 1 aromatic heterocycles. The molecule has 106 valence electrons. The molecule has 0 saturated heterocycles. The Kier molecular flexibility index (Phi) is 5.01. The molecular weight excluding hydrogens is 262 g/mol. The summed E-state index contributed by atoms with van der Waals surface area (Å²) in [6.07, 6.45) is 2.59. The summed E-state index contributed by atoms with van der Waals surface area (Å²) in [5, 5.41) is 0. The Labute approximate surface area is 116 Å². The van der Waals surface area contributed by atoms with Gasteiger partial charge < -0.3 is 10.5 Å². The van der Waals surface area contributed by atoms with Crippen LogP contribution in [0.3, 0.4) is 0 Å². The molecule has 20 heavy (non-hydrogen) atoms. The molecule has 1 aromatic carbocycles. The van der Waals surface area contributed by atoms with E-state index in [4.69, 9.17) is 10.5 Å². The highest BCUT2D eigenvalue weighted by Gasteiger charge is 2.12. The highest BCUT2D eigenvalue weighted by Crippen LogP contribution is 2.23. The van der Waals surface area contributed by atoms with Gasteiger partial charge in [-0.25, -0.2) is 8.78 Å². The van der Waals surface area contributed by atoms with Gasteiger partial charge in [0.1, 0.15) is 0 Å². The number of hydrogen-bond acceptors (Lipinski definition) is 3. The fourth-order valence-electron chi connectivity index (χ4n) is 1.86. The molecule has 2 aromatic rings.